The van der Waals surface area contributed by atoms with Crippen molar-refractivity contribution >= 4 is 5.82 Å². The lowest BCUT2D eigenvalue weighted by atomic mass is 9.98. The summed E-state index contributed by atoms with van der Waals surface area (Å²) in [5, 5.41) is 0. The lowest BCUT2D eigenvalue weighted by molar-refractivity contribution is 0.100. The van der Waals surface area contributed by atoms with Gasteiger partial charge in [0.15, 0.2) is 5.82 Å². The predicted octanol–water partition coefficient (Wildman–Crippen LogP) is 2.52. The van der Waals surface area contributed by atoms with Gasteiger partial charge < -0.3 is 14.4 Å². The second-order valence-electron chi connectivity index (χ2n) is 5.44. The summed E-state index contributed by atoms with van der Waals surface area (Å²) in [5.41, 5.74) is 0. The maximum absolute atomic E-state index is 5.75. The van der Waals surface area contributed by atoms with Gasteiger partial charge in [0.1, 0.15) is 0 Å². The molecule has 1 aliphatic heterocycles. The van der Waals surface area contributed by atoms with Crippen molar-refractivity contribution in [2.24, 2.45) is 5.92 Å². The Balaban J connectivity index is 1.96. The lowest BCUT2D eigenvalue weighted by Crippen LogP contribution is -2.36. The molecule has 5 nitrogen and oxygen atoms in total. The molecule has 1 aromatic rings. The molecule has 0 radical (unpaired) electrons. The van der Waals surface area contributed by atoms with Gasteiger partial charge in [0.2, 0.25) is 0 Å². The average molecular weight is 279 g/mol. The van der Waals surface area contributed by atoms with Crippen LogP contribution in [0.3, 0.4) is 0 Å². The highest BCUT2D eigenvalue weighted by atomic mass is 16.5. The Morgan fingerprint density at radius 3 is 2.60 bits per heavy atom. The molecule has 2 heterocycles. The largest absolute Gasteiger partial charge is 0.472 e. The first-order valence-corrected chi connectivity index (χ1v) is 7.51. The SMILES string of the molecule is CCOCC1CCN(c2nccnc2OC(C)C)CC1. The summed E-state index contributed by atoms with van der Waals surface area (Å²) in [6.45, 7) is 9.72. The highest BCUT2D eigenvalue weighted by Crippen LogP contribution is 2.28. The van der Waals surface area contributed by atoms with Gasteiger partial charge in [-0.05, 0) is 39.5 Å². The molecule has 0 amide bonds. The Bertz CT molecular complexity index is 404. The van der Waals surface area contributed by atoms with E-state index in [2.05, 4.69) is 14.9 Å². The van der Waals surface area contributed by atoms with E-state index in [0.717, 1.165) is 45.0 Å². The van der Waals surface area contributed by atoms with Gasteiger partial charge in [0.05, 0.1) is 6.10 Å². The third-order valence-electron chi connectivity index (χ3n) is 3.47. The van der Waals surface area contributed by atoms with E-state index in [1.807, 2.05) is 20.8 Å². The maximum atomic E-state index is 5.75. The Morgan fingerprint density at radius 1 is 1.25 bits per heavy atom. The van der Waals surface area contributed by atoms with Gasteiger partial charge in [0.25, 0.3) is 5.88 Å². The van der Waals surface area contributed by atoms with Crippen molar-refractivity contribution in [3.05, 3.63) is 12.4 Å². The molecule has 0 unspecified atom stereocenters. The zero-order valence-corrected chi connectivity index (χ0v) is 12.7. The van der Waals surface area contributed by atoms with Crippen LogP contribution in [0.1, 0.15) is 33.6 Å². The number of anilines is 1. The fourth-order valence-electron chi connectivity index (χ4n) is 2.44. The number of nitrogens with zero attached hydrogens (tertiary/aromatic N) is 3. The number of hydrogen-bond donors (Lipinski definition) is 0. The van der Waals surface area contributed by atoms with E-state index in [4.69, 9.17) is 9.47 Å². The van der Waals surface area contributed by atoms with E-state index in [0.29, 0.717) is 11.8 Å². The number of hydrogen-bond acceptors (Lipinski definition) is 5. The van der Waals surface area contributed by atoms with Crippen molar-refractivity contribution in [3.8, 4) is 5.88 Å². The van der Waals surface area contributed by atoms with E-state index in [-0.39, 0.29) is 6.10 Å². The summed E-state index contributed by atoms with van der Waals surface area (Å²) in [6, 6.07) is 0. The van der Waals surface area contributed by atoms with Crippen LogP contribution in [-0.4, -0.2) is 42.4 Å². The minimum absolute atomic E-state index is 0.112. The number of aromatic nitrogens is 2. The van der Waals surface area contributed by atoms with Gasteiger partial charge in [0, 0.05) is 38.7 Å². The molecule has 0 atom stereocenters. The molecule has 20 heavy (non-hydrogen) atoms. The molecule has 0 saturated carbocycles. The fourth-order valence-corrected chi connectivity index (χ4v) is 2.44. The molecule has 5 heteroatoms. The molecule has 0 N–H and O–H groups in total. The van der Waals surface area contributed by atoms with E-state index < -0.39 is 0 Å². The molecule has 0 bridgehead atoms. The summed E-state index contributed by atoms with van der Waals surface area (Å²) >= 11 is 0. The first-order valence-electron chi connectivity index (χ1n) is 7.51. The Labute approximate surface area is 121 Å². The lowest BCUT2D eigenvalue weighted by Gasteiger charge is -2.33. The molecular formula is C15H25N3O2. The Kier molecular flexibility index (Phi) is 5.59. The molecule has 1 aromatic heterocycles. The molecule has 1 fully saturated rings. The molecule has 0 aromatic carbocycles. The average Bonchev–Trinajstić information content (AvgIpc) is 2.46. The summed E-state index contributed by atoms with van der Waals surface area (Å²) in [7, 11) is 0. The molecule has 2 rings (SSSR count). The smallest absolute Gasteiger partial charge is 0.257 e. The highest BCUT2D eigenvalue weighted by Gasteiger charge is 2.23. The summed E-state index contributed by atoms with van der Waals surface area (Å²) in [4.78, 5) is 11.0. The van der Waals surface area contributed by atoms with Gasteiger partial charge >= 0.3 is 0 Å². The van der Waals surface area contributed by atoms with Gasteiger partial charge in [-0.3, -0.25) is 0 Å². The van der Waals surface area contributed by atoms with Crippen molar-refractivity contribution in [2.45, 2.75) is 39.7 Å². The molecular weight excluding hydrogens is 254 g/mol. The van der Waals surface area contributed by atoms with Crippen molar-refractivity contribution in [1.29, 1.82) is 0 Å². The number of rotatable bonds is 6. The van der Waals surface area contributed by atoms with Gasteiger partial charge in [-0.15, -0.1) is 0 Å². The van der Waals surface area contributed by atoms with Crippen LogP contribution >= 0.6 is 0 Å². The normalized spacial score (nSPS) is 16.7. The minimum Gasteiger partial charge on any atom is -0.472 e. The molecule has 0 spiro atoms. The second kappa shape index (κ2) is 7.43. The summed E-state index contributed by atoms with van der Waals surface area (Å²) in [5.74, 6) is 2.18. The third-order valence-corrected chi connectivity index (χ3v) is 3.47. The second-order valence-corrected chi connectivity index (χ2v) is 5.44. The van der Waals surface area contributed by atoms with Crippen LogP contribution in [-0.2, 0) is 4.74 Å². The zero-order valence-electron chi connectivity index (χ0n) is 12.7. The fraction of sp³-hybridized carbons (Fsp3) is 0.733. The molecule has 1 saturated heterocycles. The van der Waals surface area contributed by atoms with E-state index in [1.165, 1.54) is 0 Å². The number of piperidine rings is 1. The Morgan fingerprint density at radius 2 is 1.95 bits per heavy atom. The highest BCUT2D eigenvalue weighted by molar-refractivity contribution is 5.48. The van der Waals surface area contributed by atoms with Crippen molar-refractivity contribution in [1.82, 2.24) is 9.97 Å². The van der Waals surface area contributed by atoms with Crippen LogP contribution in [0.25, 0.3) is 0 Å². The van der Waals surface area contributed by atoms with Crippen LogP contribution in [0.15, 0.2) is 12.4 Å². The van der Waals surface area contributed by atoms with Crippen molar-refractivity contribution < 1.29 is 9.47 Å². The molecule has 1 aliphatic rings. The summed E-state index contributed by atoms with van der Waals surface area (Å²) in [6.07, 6.45) is 5.80. The van der Waals surface area contributed by atoms with E-state index in [1.54, 1.807) is 12.4 Å². The van der Waals surface area contributed by atoms with Gasteiger partial charge in [-0.25, -0.2) is 9.97 Å². The van der Waals surface area contributed by atoms with Crippen LogP contribution < -0.4 is 9.64 Å². The third kappa shape index (κ3) is 4.07. The number of ether oxygens (including phenoxy) is 2. The van der Waals surface area contributed by atoms with Crippen molar-refractivity contribution in [3.63, 3.8) is 0 Å². The van der Waals surface area contributed by atoms with E-state index >= 15 is 0 Å². The van der Waals surface area contributed by atoms with Gasteiger partial charge in [-0.1, -0.05) is 0 Å². The van der Waals surface area contributed by atoms with Crippen LogP contribution in [0, 0.1) is 5.92 Å². The molecule has 0 aliphatic carbocycles. The predicted molar refractivity (Wildman–Crippen MR) is 79.2 cm³/mol. The Hall–Kier alpha value is -1.36. The topological polar surface area (TPSA) is 47.5 Å². The van der Waals surface area contributed by atoms with Crippen LogP contribution in [0.5, 0.6) is 5.88 Å². The minimum atomic E-state index is 0.112. The molecule has 112 valence electrons. The van der Waals surface area contributed by atoms with Crippen LogP contribution in [0.4, 0.5) is 5.82 Å². The van der Waals surface area contributed by atoms with Gasteiger partial charge in [-0.2, -0.15) is 0 Å². The first-order chi connectivity index (χ1) is 9.70. The zero-order chi connectivity index (χ0) is 14.4. The summed E-state index contributed by atoms with van der Waals surface area (Å²) < 4.78 is 11.3. The quantitative estimate of drug-likeness (QED) is 0.800. The first kappa shape index (κ1) is 15.0. The van der Waals surface area contributed by atoms with Crippen molar-refractivity contribution in [2.75, 3.05) is 31.2 Å². The monoisotopic (exact) mass is 279 g/mol. The standard InChI is InChI=1S/C15H25N3O2/c1-4-19-11-13-5-9-18(10-6-13)14-15(20-12(2)3)17-8-7-16-14/h7-8,12-13H,4-6,9-11H2,1-3H3. The van der Waals surface area contributed by atoms with E-state index in [9.17, 15) is 0 Å². The maximum Gasteiger partial charge on any atom is 0.257 e. The van der Waals surface area contributed by atoms with Crippen LogP contribution in [0.2, 0.25) is 0 Å².